The van der Waals surface area contributed by atoms with Crippen molar-refractivity contribution in [3.05, 3.63) is 42.1 Å². The molecule has 0 spiro atoms. The number of pyridine rings is 1. The normalized spacial score (nSPS) is 23.6. The van der Waals surface area contributed by atoms with Crippen LogP contribution in [0.2, 0.25) is 0 Å². The lowest BCUT2D eigenvalue weighted by Crippen LogP contribution is -2.43. The van der Waals surface area contributed by atoms with E-state index in [1.54, 1.807) is 6.20 Å². The summed E-state index contributed by atoms with van der Waals surface area (Å²) in [5, 5.41) is 10.4. The molecule has 1 N–H and O–H groups in total. The summed E-state index contributed by atoms with van der Waals surface area (Å²) in [6.07, 6.45) is 4.08. The molecule has 2 aliphatic rings. The molecule has 2 fully saturated rings. The molecular formula is C21H24N2O4. The Bertz CT molecular complexity index is 840. The van der Waals surface area contributed by atoms with Crippen LogP contribution in [-0.2, 0) is 20.7 Å². The van der Waals surface area contributed by atoms with E-state index in [4.69, 9.17) is 4.74 Å². The van der Waals surface area contributed by atoms with Crippen LogP contribution in [0.5, 0.6) is 0 Å². The standard InChI is InChI=1S/C21H24N2O4/c24-18(13-16-4-1-3-14-5-2-9-22-19(14)16)23-10-6-15(7-11-23)20-17(21(25)26)8-12-27-20/h1-5,9,15,17,20H,6-8,10-13H2,(H,25,26)/t17?,20-/m0/s1. The summed E-state index contributed by atoms with van der Waals surface area (Å²) in [5.74, 6) is -0.843. The first-order chi connectivity index (χ1) is 13.1. The quantitative estimate of drug-likeness (QED) is 0.897. The van der Waals surface area contributed by atoms with Crippen molar-refractivity contribution in [1.29, 1.82) is 0 Å². The van der Waals surface area contributed by atoms with E-state index in [9.17, 15) is 14.7 Å². The fraction of sp³-hybridized carbons (Fsp3) is 0.476. The lowest BCUT2D eigenvalue weighted by molar-refractivity contribution is -0.145. The Hall–Kier alpha value is -2.47. The SMILES string of the molecule is O=C(O)C1CCO[C@H]1C1CCN(C(=O)Cc2cccc3cccnc23)CC1. The van der Waals surface area contributed by atoms with E-state index in [1.165, 1.54) is 0 Å². The van der Waals surface area contributed by atoms with Crippen LogP contribution in [0, 0.1) is 11.8 Å². The number of amides is 1. The van der Waals surface area contributed by atoms with Crippen molar-refractivity contribution < 1.29 is 19.4 Å². The van der Waals surface area contributed by atoms with Crippen LogP contribution in [0.4, 0.5) is 0 Å². The first-order valence-electron chi connectivity index (χ1n) is 9.58. The predicted molar refractivity (Wildman–Crippen MR) is 100 cm³/mol. The van der Waals surface area contributed by atoms with Crippen molar-refractivity contribution in [2.24, 2.45) is 11.8 Å². The molecule has 4 rings (SSSR count). The van der Waals surface area contributed by atoms with Gasteiger partial charge in [0.25, 0.3) is 0 Å². The average Bonchev–Trinajstić information content (AvgIpc) is 3.19. The summed E-state index contributed by atoms with van der Waals surface area (Å²) in [4.78, 5) is 30.5. The van der Waals surface area contributed by atoms with E-state index < -0.39 is 11.9 Å². The zero-order valence-corrected chi connectivity index (χ0v) is 15.2. The molecule has 1 aromatic heterocycles. The lowest BCUT2D eigenvalue weighted by atomic mass is 9.84. The van der Waals surface area contributed by atoms with E-state index in [0.717, 1.165) is 29.3 Å². The van der Waals surface area contributed by atoms with Gasteiger partial charge in [-0.05, 0) is 36.8 Å². The Morgan fingerprint density at radius 2 is 1.93 bits per heavy atom. The first-order valence-corrected chi connectivity index (χ1v) is 9.58. The number of rotatable bonds is 4. The molecule has 2 aromatic rings. The van der Waals surface area contributed by atoms with Crippen LogP contribution in [0.3, 0.4) is 0 Å². The number of aromatic nitrogens is 1. The molecule has 0 aliphatic carbocycles. The summed E-state index contributed by atoms with van der Waals surface area (Å²) >= 11 is 0. The Morgan fingerprint density at radius 3 is 2.70 bits per heavy atom. The van der Waals surface area contributed by atoms with Gasteiger partial charge in [0.2, 0.25) is 5.91 Å². The number of ether oxygens (including phenoxy) is 1. The van der Waals surface area contributed by atoms with Crippen molar-refractivity contribution in [3.63, 3.8) is 0 Å². The zero-order valence-electron chi connectivity index (χ0n) is 15.2. The first kappa shape index (κ1) is 17.9. The zero-order chi connectivity index (χ0) is 18.8. The smallest absolute Gasteiger partial charge is 0.309 e. The molecule has 1 amide bonds. The second-order valence-corrected chi connectivity index (χ2v) is 7.46. The fourth-order valence-electron chi connectivity index (χ4n) is 4.40. The number of hydrogen-bond acceptors (Lipinski definition) is 4. The molecule has 2 saturated heterocycles. The second-order valence-electron chi connectivity index (χ2n) is 7.46. The van der Waals surface area contributed by atoms with Gasteiger partial charge in [-0.3, -0.25) is 14.6 Å². The molecule has 27 heavy (non-hydrogen) atoms. The van der Waals surface area contributed by atoms with E-state index >= 15 is 0 Å². The molecule has 2 atom stereocenters. The lowest BCUT2D eigenvalue weighted by Gasteiger charge is -2.35. The highest BCUT2D eigenvalue weighted by atomic mass is 16.5. The highest BCUT2D eigenvalue weighted by Crippen LogP contribution is 2.33. The minimum Gasteiger partial charge on any atom is -0.481 e. The number of hydrogen-bond donors (Lipinski definition) is 1. The highest BCUT2D eigenvalue weighted by molar-refractivity contribution is 5.87. The maximum atomic E-state index is 12.8. The van der Waals surface area contributed by atoms with E-state index in [0.29, 0.717) is 32.5 Å². The van der Waals surface area contributed by atoms with Crippen LogP contribution in [0.15, 0.2) is 36.5 Å². The average molecular weight is 368 g/mol. The number of fused-ring (bicyclic) bond motifs is 1. The predicted octanol–water partition coefficient (Wildman–Crippen LogP) is 2.51. The van der Waals surface area contributed by atoms with Crippen LogP contribution in [-0.4, -0.2) is 52.7 Å². The fourth-order valence-corrected chi connectivity index (χ4v) is 4.40. The molecule has 0 bridgehead atoms. The van der Waals surface area contributed by atoms with E-state index in [1.807, 2.05) is 35.2 Å². The number of carboxylic acid groups (broad SMARTS) is 1. The van der Waals surface area contributed by atoms with Crippen molar-refractivity contribution in [2.45, 2.75) is 31.8 Å². The van der Waals surface area contributed by atoms with Crippen LogP contribution < -0.4 is 0 Å². The maximum Gasteiger partial charge on any atom is 0.309 e. The third-order valence-corrected chi connectivity index (χ3v) is 5.87. The summed E-state index contributed by atoms with van der Waals surface area (Å²) in [7, 11) is 0. The van der Waals surface area contributed by atoms with Gasteiger partial charge in [0.05, 0.1) is 24.0 Å². The van der Waals surface area contributed by atoms with Gasteiger partial charge in [0, 0.05) is 31.3 Å². The minimum absolute atomic E-state index is 0.105. The van der Waals surface area contributed by atoms with Gasteiger partial charge in [-0.15, -0.1) is 0 Å². The molecular weight excluding hydrogens is 344 g/mol. The van der Waals surface area contributed by atoms with Gasteiger partial charge in [-0.2, -0.15) is 0 Å². The molecule has 2 aliphatic heterocycles. The monoisotopic (exact) mass is 368 g/mol. The number of para-hydroxylation sites is 1. The van der Waals surface area contributed by atoms with Gasteiger partial charge in [0.15, 0.2) is 0 Å². The third-order valence-electron chi connectivity index (χ3n) is 5.87. The molecule has 6 nitrogen and oxygen atoms in total. The van der Waals surface area contributed by atoms with Crippen LogP contribution in [0.1, 0.15) is 24.8 Å². The van der Waals surface area contributed by atoms with Gasteiger partial charge in [0.1, 0.15) is 0 Å². The van der Waals surface area contributed by atoms with Gasteiger partial charge >= 0.3 is 5.97 Å². The van der Waals surface area contributed by atoms with Crippen LogP contribution >= 0.6 is 0 Å². The largest absolute Gasteiger partial charge is 0.481 e. The number of piperidine rings is 1. The van der Waals surface area contributed by atoms with Gasteiger partial charge in [-0.1, -0.05) is 24.3 Å². The van der Waals surface area contributed by atoms with Crippen molar-refractivity contribution in [3.8, 4) is 0 Å². The summed E-state index contributed by atoms with van der Waals surface area (Å²) < 4.78 is 5.71. The topological polar surface area (TPSA) is 79.7 Å². The Kier molecular flexibility index (Phi) is 5.07. The molecule has 0 saturated carbocycles. The number of benzene rings is 1. The number of carbonyl (C=O) groups excluding carboxylic acids is 1. The molecule has 142 valence electrons. The van der Waals surface area contributed by atoms with Crippen molar-refractivity contribution >= 4 is 22.8 Å². The second kappa shape index (κ2) is 7.64. The summed E-state index contributed by atoms with van der Waals surface area (Å²) in [6, 6.07) is 9.82. The molecule has 0 radical (unpaired) electrons. The summed E-state index contributed by atoms with van der Waals surface area (Å²) in [5.41, 5.74) is 1.83. The molecule has 3 heterocycles. The number of carbonyl (C=O) groups is 2. The Morgan fingerprint density at radius 1 is 1.15 bits per heavy atom. The van der Waals surface area contributed by atoms with Gasteiger partial charge < -0.3 is 14.7 Å². The summed E-state index contributed by atoms with van der Waals surface area (Å²) in [6.45, 7) is 1.84. The number of aliphatic carboxylic acids is 1. The number of carboxylic acids is 1. The van der Waals surface area contributed by atoms with Crippen molar-refractivity contribution in [1.82, 2.24) is 9.88 Å². The number of likely N-dealkylation sites (tertiary alicyclic amines) is 1. The van der Waals surface area contributed by atoms with E-state index in [2.05, 4.69) is 4.98 Å². The van der Waals surface area contributed by atoms with Crippen LogP contribution in [0.25, 0.3) is 10.9 Å². The third kappa shape index (κ3) is 3.67. The molecule has 6 heteroatoms. The van der Waals surface area contributed by atoms with E-state index in [-0.39, 0.29) is 17.9 Å². The Labute approximate surface area is 158 Å². The maximum absolute atomic E-state index is 12.8. The molecule has 1 aromatic carbocycles. The minimum atomic E-state index is -0.764. The van der Waals surface area contributed by atoms with Crippen molar-refractivity contribution in [2.75, 3.05) is 19.7 Å². The van der Waals surface area contributed by atoms with Gasteiger partial charge in [-0.25, -0.2) is 0 Å². The molecule has 1 unspecified atom stereocenters. The highest BCUT2D eigenvalue weighted by Gasteiger charge is 2.40. The Balaban J connectivity index is 1.38. The number of nitrogens with zero attached hydrogens (tertiary/aromatic N) is 2.